The molecule has 0 aromatic carbocycles. The third-order valence-electron chi connectivity index (χ3n) is 9.68. The van der Waals surface area contributed by atoms with E-state index in [0.717, 1.165) is 128 Å². The van der Waals surface area contributed by atoms with Crippen LogP contribution in [-0.2, 0) is 28.6 Å². The Kier molecular flexibility index (Phi) is 43.0. The molecule has 0 radical (unpaired) electrons. The van der Waals surface area contributed by atoms with E-state index in [9.17, 15) is 14.4 Å². The summed E-state index contributed by atoms with van der Waals surface area (Å²) >= 11 is 0. The second-order valence-electron chi connectivity index (χ2n) is 15.3. The molecule has 0 aliphatic rings. The number of ether oxygens (including phenoxy) is 3. The van der Waals surface area contributed by atoms with E-state index >= 15 is 0 Å². The van der Waals surface area contributed by atoms with E-state index in [2.05, 4.69) is 93.7 Å². The minimum atomic E-state index is -0.789. The Hall–Kier alpha value is -3.15. The summed E-state index contributed by atoms with van der Waals surface area (Å²) in [5, 5.41) is 0. The normalized spacial score (nSPS) is 12.7. The molecule has 0 aliphatic heterocycles. The molecule has 6 heteroatoms. The SMILES string of the molecule is CC/C=C\C/C=C\C/C=C\C/C=C\CCCCCCC(=O)OCC(COC(=O)CCCCCCCCCCC)OC(=O)CCCCCCC/C=C\C/C=C\CCC. The number of rotatable bonds is 41. The average molecular weight is 795 g/mol. The van der Waals surface area contributed by atoms with Crippen molar-refractivity contribution in [2.45, 2.75) is 219 Å². The van der Waals surface area contributed by atoms with Crippen LogP contribution in [0, 0.1) is 0 Å². The molecule has 0 bridgehead atoms. The van der Waals surface area contributed by atoms with Crippen molar-refractivity contribution in [1.29, 1.82) is 0 Å². The van der Waals surface area contributed by atoms with Crippen molar-refractivity contribution in [3.63, 3.8) is 0 Å². The molecule has 1 atom stereocenters. The Balaban J connectivity index is 4.41. The van der Waals surface area contributed by atoms with Gasteiger partial charge in [0.15, 0.2) is 6.10 Å². The number of hydrogen-bond acceptors (Lipinski definition) is 6. The van der Waals surface area contributed by atoms with Gasteiger partial charge in [-0.1, -0.05) is 184 Å². The molecule has 0 aliphatic carbocycles. The summed E-state index contributed by atoms with van der Waals surface area (Å²) in [7, 11) is 0. The highest BCUT2D eigenvalue weighted by Crippen LogP contribution is 2.13. The largest absolute Gasteiger partial charge is 0.462 e. The van der Waals surface area contributed by atoms with E-state index in [-0.39, 0.29) is 31.1 Å². The summed E-state index contributed by atoms with van der Waals surface area (Å²) in [5.74, 6) is -0.935. The van der Waals surface area contributed by atoms with Gasteiger partial charge < -0.3 is 14.2 Å². The van der Waals surface area contributed by atoms with Gasteiger partial charge in [0, 0.05) is 19.3 Å². The number of allylic oxidation sites excluding steroid dienone is 12. The van der Waals surface area contributed by atoms with Crippen LogP contribution in [-0.4, -0.2) is 37.2 Å². The molecule has 0 fully saturated rings. The molecule has 6 nitrogen and oxygen atoms in total. The van der Waals surface area contributed by atoms with Crippen LogP contribution in [0.5, 0.6) is 0 Å². The van der Waals surface area contributed by atoms with Gasteiger partial charge in [-0.3, -0.25) is 14.4 Å². The minimum Gasteiger partial charge on any atom is -0.462 e. The van der Waals surface area contributed by atoms with Crippen molar-refractivity contribution >= 4 is 17.9 Å². The zero-order valence-corrected chi connectivity index (χ0v) is 37.1. The highest BCUT2D eigenvalue weighted by Gasteiger charge is 2.19. The van der Waals surface area contributed by atoms with Gasteiger partial charge in [-0.25, -0.2) is 0 Å². The highest BCUT2D eigenvalue weighted by molar-refractivity contribution is 5.71. The molecule has 0 aromatic rings. The van der Waals surface area contributed by atoms with Crippen molar-refractivity contribution in [2.24, 2.45) is 0 Å². The summed E-state index contributed by atoms with van der Waals surface area (Å²) in [6.07, 6.45) is 56.0. The smallest absolute Gasteiger partial charge is 0.306 e. The van der Waals surface area contributed by atoms with Gasteiger partial charge in [0.25, 0.3) is 0 Å². The van der Waals surface area contributed by atoms with Crippen LogP contribution in [0.4, 0.5) is 0 Å². The van der Waals surface area contributed by atoms with Gasteiger partial charge in [-0.2, -0.15) is 0 Å². The fourth-order valence-corrected chi connectivity index (χ4v) is 6.17. The second kappa shape index (κ2) is 45.6. The number of esters is 3. The standard InChI is InChI=1S/C51H86O6/c1-4-7-10-13-16-19-21-23-24-25-26-28-29-32-35-38-41-44-50(53)56-47-48(46-55-49(52)43-40-37-34-31-18-15-12-9-6-3)57-51(54)45-42-39-36-33-30-27-22-20-17-14-11-8-5-2/h7,10-11,14,16,19-20,22-24,26,28,48H,4-6,8-9,12-13,15,17-18,21,25,27,29-47H2,1-3H3/b10-7-,14-11-,19-16-,22-20-,24-23-,28-26-. The Morgan fingerprint density at radius 3 is 1.14 bits per heavy atom. The first kappa shape index (κ1) is 53.9. The molecule has 0 heterocycles. The lowest BCUT2D eigenvalue weighted by Gasteiger charge is -2.18. The van der Waals surface area contributed by atoms with Gasteiger partial charge in [0.05, 0.1) is 0 Å². The number of carbonyl (C=O) groups excluding carboxylic acids is 3. The Bertz CT molecular complexity index is 1100. The molecule has 0 saturated heterocycles. The average Bonchev–Trinajstić information content (AvgIpc) is 3.21. The first-order chi connectivity index (χ1) is 28.0. The fraction of sp³-hybridized carbons (Fsp3) is 0.706. The molecule has 0 rings (SSSR count). The molecule has 0 spiro atoms. The third kappa shape index (κ3) is 43.8. The maximum absolute atomic E-state index is 12.7. The molecule has 326 valence electrons. The topological polar surface area (TPSA) is 78.9 Å². The van der Waals surface area contributed by atoms with Crippen molar-refractivity contribution in [3.8, 4) is 0 Å². The molecular weight excluding hydrogens is 709 g/mol. The summed E-state index contributed by atoms with van der Waals surface area (Å²) in [6.45, 7) is 6.39. The van der Waals surface area contributed by atoms with Gasteiger partial charge >= 0.3 is 17.9 Å². The predicted molar refractivity (Wildman–Crippen MR) is 242 cm³/mol. The highest BCUT2D eigenvalue weighted by atomic mass is 16.6. The molecule has 57 heavy (non-hydrogen) atoms. The van der Waals surface area contributed by atoms with Gasteiger partial charge in [0.2, 0.25) is 0 Å². The van der Waals surface area contributed by atoms with Crippen LogP contribution in [0.3, 0.4) is 0 Å². The monoisotopic (exact) mass is 795 g/mol. The van der Waals surface area contributed by atoms with Crippen LogP contribution in [0.25, 0.3) is 0 Å². The molecule has 0 N–H and O–H groups in total. The van der Waals surface area contributed by atoms with Gasteiger partial charge in [-0.05, 0) is 83.5 Å². The van der Waals surface area contributed by atoms with Crippen LogP contribution in [0.2, 0.25) is 0 Å². The van der Waals surface area contributed by atoms with E-state index in [1.807, 2.05) is 0 Å². The van der Waals surface area contributed by atoms with Crippen molar-refractivity contribution < 1.29 is 28.6 Å². The summed E-state index contributed by atoms with van der Waals surface area (Å²) in [5.41, 5.74) is 0. The number of unbranched alkanes of at least 4 members (excludes halogenated alkanes) is 18. The van der Waals surface area contributed by atoms with Crippen molar-refractivity contribution in [1.82, 2.24) is 0 Å². The van der Waals surface area contributed by atoms with Gasteiger partial charge in [0.1, 0.15) is 13.2 Å². The second-order valence-corrected chi connectivity index (χ2v) is 15.3. The Labute approximate surface area is 351 Å². The van der Waals surface area contributed by atoms with Crippen molar-refractivity contribution in [2.75, 3.05) is 13.2 Å². The summed E-state index contributed by atoms with van der Waals surface area (Å²) in [6, 6.07) is 0. The Morgan fingerprint density at radius 1 is 0.368 bits per heavy atom. The maximum Gasteiger partial charge on any atom is 0.306 e. The fourth-order valence-electron chi connectivity index (χ4n) is 6.17. The van der Waals surface area contributed by atoms with E-state index in [0.29, 0.717) is 19.3 Å². The summed E-state index contributed by atoms with van der Waals surface area (Å²) in [4.78, 5) is 37.7. The Morgan fingerprint density at radius 2 is 0.719 bits per heavy atom. The lowest BCUT2D eigenvalue weighted by Crippen LogP contribution is -2.30. The number of hydrogen-bond donors (Lipinski definition) is 0. The van der Waals surface area contributed by atoms with E-state index in [1.165, 1.54) is 44.9 Å². The minimum absolute atomic E-state index is 0.0888. The lowest BCUT2D eigenvalue weighted by atomic mass is 10.1. The zero-order chi connectivity index (χ0) is 41.5. The van der Waals surface area contributed by atoms with Crippen LogP contribution >= 0.6 is 0 Å². The zero-order valence-electron chi connectivity index (χ0n) is 37.1. The van der Waals surface area contributed by atoms with E-state index in [4.69, 9.17) is 14.2 Å². The van der Waals surface area contributed by atoms with E-state index < -0.39 is 6.10 Å². The summed E-state index contributed by atoms with van der Waals surface area (Å²) < 4.78 is 16.7. The maximum atomic E-state index is 12.7. The van der Waals surface area contributed by atoms with Crippen molar-refractivity contribution in [3.05, 3.63) is 72.9 Å². The van der Waals surface area contributed by atoms with E-state index in [1.54, 1.807) is 0 Å². The molecule has 1 unspecified atom stereocenters. The first-order valence-corrected chi connectivity index (χ1v) is 23.4. The first-order valence-electron chi connectivity index (χ1n) is 23.4. The molecule has 0 amide bonds. The molecule has 0 aromatic heterocycles. The lowest BCUT2D eigenvalue weighted by molar-refractivity contribution is -0.167. The van der Waals surface area contributed by atoms with Crippen LogP contribution in [0.15, 0.2) is 72.9 Å². The van der Waals surface area contributed by atoms with Crippen LogP contribution in [0.1, 0.15) is 213 Å². The number of carbonyl (C=O) groups is 3. The predicted octanol–water partition coefficient (Wildman–Crippen LogP) is 15.1. The third-order valence-corrected chi connectivity index (χ3v) is 9.68. The molecule has 0 saturated carbocycles. The molecular formula is C51H86O6. The quantitative estimate of drug-likeness (QED) is 0.0265. The van der Waals surface area contributed by atoms with Crippen LogP contribution < -0.4 is 0 Å². The van der Waals surface area contributed by atoms with Gasteiger partial charge in [-0.15, -0.1) is 0 Å².